The first kappa shape index (κ1) is 15.3. The van der Waals surface area contributed by atoms with Gasteiger partial charge >= 0.3 is 0 Å². The number of H-pyrrole nitrogens is 1. The minimum atomic E-state index is -3.76. The third-order valence-corrected chi connectivity index (χ3v) is 4.70. The van der Waals surface area contributed by atoms with Gasteiger partial charge in [-0.25, -0.2) is 22.8 Å². The maximum absolute atomic E-state index is 13.4. The zero-order valence-corrected chi connectivity index (χ0v) is 13.1. The lowest BCUT2D eigenvalue weighted by Crippen LogP contribution is -2.13. The van der Waals surface area contributed by atoms with Crippen molar-refractivity contribution < 1.29 is 12.8 Å². The van der Waals surface area contributed by atoms with Crippen LogP contribution in [0.15, 0.2) is 41.8 Å². The molecule has 7 nitrogen and oxygen atoms in total. The van der Waals surface area contributed by atoms with Crippen molar-refractivity contribution in [3.63, 3.8) is 0 Å². The van der Waals surface area contributed by atoms with Gasteiger partial charge in [-0.05, 0) is 18.2 Å². The van der Waals surface area contributed by atoms with E-state index in [0.29, 0.717) is 17.9 Å². The molecule has 3 rings (SSSR count). The van der Waals surface area contributed by atoms with Crippen LogP contribution < -0.4 is 0 Å². The van der Waals surface area contributed by atoms with Crippen LogP contribution in [0.25, 0.3) is 5.69 Å². The summed E-state index contributed by atoms with van der Waals surface area (Å²) < 4.78 is 39.8. The Morgan fingerprint density at radius 1 is 1.35 bits per heavy atom. The molecule has 3 aromatic rings. The van der Waals surface area contributed by atoms with Crippen molar-refractivity contribution in [1.82, 2.24) is 24.7 Å². The van der Waals surface area contributed by atoms with E-state index in [1.54, 1.807) is 6.07 Å². The Hall–Kier alpha value is -2.55. The topological polar surface area (TPSA) is 93.5 Å². The summed E-state index contributed by atoms with van der Waals surface area (Å²) in [6.07, 6.45) is 3.43. The summed E-state index contributed by atoms with van der Waals surface area (Å²) >= 11 is 0. The number of nitrogens with zero attached hydrogens (tertiary/aromatic N) is 4. The largest absolute Gasteiger partial charge is 0.291 e. The highest BCUT2D eigenvalue weighted by molar-refractivity contribution is 7.90. The van der Waals surface area contributed by atoms with E-state index >= 15 is 0 Å². The van der Waals surface area contributed by atoms with Crippen LogP contribution in [-0.2, 0) is 22.0 Å². The molecular formula is C14H14FN5O2S. The molecule has 0 aliphatic carbocycles. The third kappa shape index (κ3) is 3.14. The Labute approximate surface area is 132 Å². The number of rotatable bonds is 5. The van der Waals surface area contributed by atoms with E-state index in [4.69, 9.17) is 0 Å². The summed E-state index contributed by atoms with van der Waals surface area (Å²) in [6.45, 7) is 1.87. The highest BCUT2D eigenvalue weighted by Gasteiger charge is 2.24. The minimum absolute atomic E-state index is 0.169. The molecule has 0 unspecified atom stereocenters. The lowest BCUT2D eigenvalue weighted by Gasteiger charge is -2.07. The molecule has 0 aliphatic rings. The van der Waals surface area contributed by atoms with Crippen molar-refractivity contribution in [2.24, 2.45) is 0 Å². The van der Waals surface area contributed by atoms with Gasteiger partial charge in [-0.1, -0.05) is 13.0 Å². The fraction of sp³-hybridized carbons (Fsp3) is 0.214. The zero-order valence-electron chi connectivity index (χ0n) is 12.3. The number of aromatic amines is 1. The molecular weight excluding hydrogens is 321 g/mol. The quantitative estimate of drug-likeness (QED) is 0.765. The molecule has 1 N–H and O–H groups in total. The van der Waals surface area contributed by atoms with Crippen LogP contribution in [0.2, 0.25) is 0 Å². The Morgan fingerprint density at radius 3 is 2.87 bits per heavy atom. The van der Waals surface area contributed by atoms with Crippen molar-refractivity contribution in [2.45, 2.75) is 24.3 Å². The highest BCUT2D eigenvalue weighted by atomic mass is 32.2. The molecule has 0 amide bonds. The van der Waals surface area contributed by atoms with Crippen LogP contribution >= 0.6 is 0 Å². The summed E-state index contributed by atoms with van der Waals surface area (Å²) in [5, 5.41) is 6.35. The molecule has 0 atom stereocenters. The first-order valence-electron chi connectivity index (χ1n) is 6.92. The molecule has 0 bridgehead atoms. The monoisotopic (exact) mass is 335 g/mol. The SMILES string of the molecule is CCc1n[nH]c(CS(=O)(=O)c2nccn2-c2cccc(F)c2)n1. The fourth-order valence-corrected chi connectivity index (χ4v) is 3.45. The number of hydrogen-bond acceptors (Lipinski definition) is 5. The van der Waals surface area contributed by atoms with Gasteiger partial charge in [0.15, 0.2) is 0 Å². The number of hydrogen-bond donors (Lipinski definition) is 1. The van der Waals surface area contributed by atoms with Crippen molar-refractivity contribution in [3.8, 4) is 5.69 Å². The van der Waals surface area contributed by atoms with E-state index < -0.39 is 15.7 Å². The zero-order chi connectivity index (χ0) is 16.4. The molecule has 0 aliphatic heterocycles. The lowest BCUT2D eigenvalue weighted by atomic mass is 10.3. The van der Waals surface area contributed by atoms with Crippen LogP contribution in [0, 0.1) is 5.82 Å². The number of halogens is 1. The summed E-state index contributed by atoms with van der Waals surface area (Å²) in [5.41, 5.74) is 0.382. The van der Waals surface area contributed by atoms with Crippen LogP contribution in [0.3, 0.4) is 0 Å². The molecule has 0 spiro atoms. The smallest absolute Gasteiger partial charge is 0.232 e. The maximum Gasteiger partial charge on any atom is 0.232 e. The molecule has 9 heteroatoms. The molecule has 1 aromatic carbocycles. The predicted octanol–water partition coefficient (Wildman–Crippen LogP) is 1.67. The van der Waals surface area contributed by atoms with Crippen molar-refractivity contribution in [1.29, 1.82) is 0 Å². The minimum Gasteiger partial charge on any atom is -0.291 e. The first-order valence-corrected chi connectivity index (χ1v) is 8.57. The van der Waals surface area contributed by atoms with Crippen LogP contribution in [0.1, 0.15) is 18.6 Å². The normalized spacial score (nSPS) is 11.7. The molecule has 2 heterocycles. The average molecular weight is 335 g/mol. The van der Waals surface area contributed by atoms with Crippen molar-refractivity contribution in [2.75, 3.05) is 0 Å². The lowest BCUT2D eigenvalue weighted by molar-refractivity contribution is 0.581. The Balaban J connectivity index is 1.96. The third-order valence-electron chi connectivity index (χ3n) is 3.19. The number of imidazole rings is 1. The van der Waals surface area contributed by atoms with Gasteiger partial charge in [0.1, 0.15) is 23.2 Å². The summed E-state index contributed by atoms with van der Waals surface area (Å²) in [7, 11) is -3.76. The van der Waals surface area contributed by atoms with Crippen molar-refractivity contribution >= 4 is 9.84 Å². The number of aryl methyl sites for hydroxylation is 1. The molecule has 0 saturated heterocycles. The second-order valence-corrected chi connectivity index (χ2v) is 6.75. The van der Waals surface area contributed by atoms with E-state index in [1.165, 1.54) is 35.2 Å². The van der Waals surface area contributed by atoms with Gasteiger partial charge in [-0.15, -0.1) is 0 Å². The number of benzene rings is 1. The number of nitrogens with one attached hydrogen (secondary N) is 1. The van der Waals surface area contributed by atoms with Gasteiger partial charge in [-0.2, -0.15) is 5.10 Å². The Kier molecular flexibility index (Phi) is 3.95. The van der Waals surface area contributed by atoms with E-state index in [0.717, 1.165) is 0 Å². The van der Waals surface area contributed by atoms with Gasteiger partial charge in [-0.3, -0.25) is 9.67 Å². The maximum atomic E-state index is 13.4. The Morgan fingerprint density at radius 2 is 2.17 bits per heavy atom. The molecule has 0 fully saturated rings. The number of sulfone groups is 1. The summed E-state index contributed by atoms with van der Waals surface area (Å²) in [4.78, 5) is 8.00. The fourth-order valence-electron chi connectivity index (χ4n) is 2.14. The first-order chi connectivity index (χ1) is 11.0. The second kappa shape index (κ2) is 5.92. The molecule has 0 radical (unpaired) electrons. The van der Waals surface area contributed by atoms with Crippen LogP contribution in [0.4, 0.5) is 4.39 Å². The van der Waals surface area contributed by atoms with E-state index in [1.807, 2.05) is 6.92 Å². The van der Waals surface area contributed by atoms with Gasteiger partial charge in [0, 0.05) is 18.8 Å². The van der Waals surface area contributed by atoms with Crippen molar-refractivity contribution in [3.05, 3.63) is 54.1 Å². The van der Waals surface area contributed by atoms with Gasteiger partial charge < -0.3 is 0 Å². The highest BCUT2D eigenvalue weighted by Crippen LogP contribution is 2.18. The van der Waals surface area contributed by atoms with Crippen LogP contribution in [0.5, 0.6) is 0 Å². The average Bonchev–Trinajstić information content (AvgIpc) is 3.15. The van der Waals surface area contributed by atoms with E-state index in [9.17, 15) is 12.8 Å². The molecule has 2 aromatic heterocycles. The molecule has 23 heavy (non-hydrogen) atoms. The van der Waals surface area contributed by atoms with E-state index in [2.05, 4.69) is 20.2 Å². The standard InChI is InChI=1S/C14H14FN5O2S/c1-2-12-17-13(19-18-12)9-23(21,22)14-16-6-7-20(14)11-5-3-4-10(15)8-11/h3-8H,2,9H2,1H3,(H,17,18,19). The Bertz CT molecular complexity index is 932. The second-order valence-electron chi connectivity index (χ2n) is 4.87. The summed E-state index contributed by atoms with van der Waals surface area (Å²) in [5.74, 6) is -0.0199. The molecule has 120 valence electrons. The van der Waals surface area contributed by atoms with Gasteiger partial charge in [0.25, 0.3) is 0 Å². The predicted molar refractivity (Wildman–Crippen MR) is 80.2 cm³/mol. The van der Waals surface area contributed by atoms with Gasteiger partial charge in [0.2, 0.25) is 15.0 Å². The van der Waals surface area contributed by atoms with Gasteiger partial charge in [0.05, 0.1) is 5.69 Å². The summed E-state index contributed by atoms with van der Waals surface area (Å²) in [6, 6.07) is 5.64. The van der Waals surface area contributed by atoms with E-state index in [-0.39, 0.29) is 16.7 Å². The van der Waals surface area contributed by atoms with Crippen LogP contribution in [-0.4, -0.2) is 33.2 Å². The number of aromatic nitrogens is 5. The molecule has 0 saturated carbocycles.